The molecule has 0 spiro atoms. The van der Waals surface area contributed by atoms with Crippen molar-refractivity contribution in [1.82, 2.24) is 4.98 Å². The number of unbranched alkanes of at least 4 members (excludes halogenated alkanes) is 1. The number of carbonyl (C=O) groups is 2. The zero-order valence-electron chi connectivity index (χ0n) is 24.4. The van der Waals surface area contributed by atoms with Crippen molar-refractivity contribution in [3.05, 3.63) is 102 Å². The molecule has 44 heavy (non-hydrogen) atoms. The van der Waals surface area contributed by atoms with Gasteiger partial charge in [0.2, 0.25) is 0 Å². The zero-order valence-corrected chi connectivity index (χ0v) is 25.2. The Morgan fingerprint density at radius 3 is 2.30 bits per heavy atom. The van der Waals surface area contributed by atoms with Crippen LogP contribution >= 0.6 is 12.6 Å². The van der Waals surface area contributed by atoms with E-state index in [1.807, 2.05) is 12.2 Å². The van der Waals surface area contributed by atoms with Gasteiger partial charge in [-0.25, -0.2) is 8.78 Å². The lowest BCUT2D eigenvalue weighted by Crippen LogP contribution is -2.28. The molecule has 1 aliphatic rings. The van der Waals surface area contributed by atoms with Crippen LogP contribution in [-0.4, -0.2) is 36.0 Å². The van der Waals surface area contributed by atoms with Gasteiger partial charge in [0.05, 0.1) is 18.0 Å². The number of allylic oxidation sites excluding steroid dienone is 1. The molecule has 1 fully saturated rings. The quantitative estimate of drug-likeness (QED) is 0.0639. The van der Waals surface area contributed by atoms with Crippen LogP contribution in [0.3, 0.4) is 0 Å². The third-order valence-electron chi connectivity index (χ3n) is 7.69. The molecule has 1 saturated carbocycles. The van der Waals surface area contributed by atoms with E-state index in [2.05, 4.69) is 17.6 Å². The van der Waals surface area contributed by atoms with Gasteiger partial charge in [0, 0.05) is 30.5 Å². The molecule has 1 heterocycles. The van der Waals surface area contributed by atoms with Crippen molar-refractivity contribution in [3.8, 4) is 23.0 Å². The van der Waals surface area contributed by atoms with Gasteiger partial charge in [-0.3, -0.25) is 14.6 Å². The highest BCUT2D eigenvalue weighted by atomic mass is 32.1. The number of ether oxygens (including phenoxy) is 3. The standard InChI is InChI=1S/C35H33F2NO5S/c1-41-31-21-26-28(22-32(31)42-16-4-2-3-5-17-44)38-15-12-29(26)43-30-11-8-24(18-27(30)37)20-34(40)35(13-14-35)33(39)19-23-6-9-25(36)10-7-23/h2,4,6-12,15,18,21-22,44H,3,5,13-14,16-17,19-20H2,1H3/b4-2+. The summed E-state index contributed by atoms with van der Waals surface area (Å²) in [7, 11) is 1.54. The second-order valence-corrected chi connectivity index (χ2v) is 11.2. The van der Waals surface area contributed by atoms with Crippen molar-refractivity contribution in [2.45, 2.75) is 38.5 Å². The summed E-state index contributed by atoms with van der Waals surface area (Å²) in [6, 6.07) is 15.1. The second kappa shape index (κ2) is 14.0. The normalized spacial score (nSPS) is 13.6. The van der Waals surface area contributed by atoms with E-state index in [1.54, 1.807) is 42.6 Å². The SMILES string of the molecule is COc1cc2c(Oc3ccc(CC(=O)C4(C(=O)Cc5ccc(F)cc5)CC4)cc3F)ccnc2cc1OC/C=C/CCCS. The number of rotatable bonds is 15. The summed E-state index contributed by atoms with van der Waals surface area (Å²) >= 11 is 4.21. The molecule has 0 aliphatic heterocycles. The first-order valence-corrected chi connectivity index (χ1v) is 15.1. The number of ketones is 2. The number of methoxy groups -OCH3 is 1. The number of aromatic nitrogens is 1. The third-order valence-corrected chi connectivity index (χ3v) is 8.01. The third kappa shape index (κ3) is 7.27. The molecule has 1 aliphatic carbocycles. The minimum absolute atomic E-state index is 0.0205. The fourth-order valence-corrected chi connectivity index (χ4v) is 5.21. The summed E-state index contributed by atoms with van der Waals surface area (Å²) in [6.45, 7) is 0.369. The minimum atomic E-state index is -1.06. The lowest BCUT2D eigenvalue weighted by molar-refractivity contribution is -0.133. The molecule has 5 rings (SSSR count). The van der Waals surface area contributed by atoms with Gasteiger partial charge in [0.1, 0.15) is 18.2 Å². The molecule has 0 saturated heterocycles. The molecule has 6 nitrogen and oxygen atoms in total. The van der Waals surface area contributed by atoms with Gasteiger partial charge in [0.15, 0.2) is 34.6 Å². The number of thiol groups is 1. The van der Waals surface area contributed by atoms with E-state index in [1.165, 1.54) is 31.4 Å². The van der Waals surface area contributed by atoms with Gasteiger partial charge >= 0.3 is 0 Å². The van der Waals surface area contributed by atoms with E-state index in [0.29, 0.717) is 58.7 Å². The number of Topliss-reactive ketones (excluding diaryl/α,β-unsaturated/α-hetero) is 2. The molecular weight excluding hydrogens is 584 g/mol. The highest BCUT2D eigenvalue weighted by molar-refractivity contribution is 7.80. The van der Waals surface area contributed by atoms with Crippen LogP contribution in [0.25, 0.3) is 10.9 Å². The van der Waals surface area contributed by atoms with Crippen LogP contribution in [0.2, 0.25) is 0 Å². The average molecular weight is 618 g/mol. The number of fused-ring (bicyclic) bond motifs is 1. The summed E-state index contributed by atoms with van der Waals surface area (Å²) < 4.78 is 45.8. The molecule has 0 N–H and O–H groups in total. The maximum absolute atomic E-state index is 15.2. The summed E-state index contributed by atoms with van der Waals surface area (Å²) in [5.41, 5.74) is 0.629. The lowest BCUT2D eigenvalue weighted by atomic mass is 9.88. The van der Waals surface area contributed by atoms with Crippen LogP contribution in [-0.2, 0) is 22.4 Å². The predicted octanol–water partition coefficient (Wildman–Crippen LogP) is 7.66. The van der Waals surface area contributed by atoms with Crippen molar-refractivity contribution in [1.29, 1.82) is 0 Å². The molecule has 1 aromatic heterocycles. The van der Waals surface area contributed by atoms with Crippen molar-refractivity contribution in [2.75, 3.05) is 19.5 Å². The first-order chi connectivity index (χ1) is 21.3. The number of halogens is 2. The Kier molecular flexibility index (Phi) is 9.95. The minimum Gasteiger partial charge on any atom is -0.493 e. The molecule has 4 aromatic rings. The molecule has 3 aromatic carbocycles. The highest BCUT2D eigenvalue weighted by Gasteiger charge is 2.54. The first kappa shape index (κ1) is 31.2. The maximum Gasteiger partial charge on any atom is 0.166 e. The summed E-state index contributed by atoms with van der Waals surface area (Å²) in [5.74, 6) is 0.731. The van der Waals surface area contributed by atoms with Crippen LogP contribution in [0, 0.1) is 17.0 Å². The predicted molar refractivity (Wildman–Crippen MR) is 168 cm³/mol. The Morgan fingerprint density at radius 1 is 0.886 bits per heavy atom. The van der Waals surface area contributed by atoms with Crippen LogP contribution in [0.5, 0.6) is 23.0 Å². The van der Waals surface area contributed by atoms with Gasteiger partial charge < -0.3 is 14.2 Å². The maximum atomic E-state index is 15.2. The highest BCUT2D eigenvalue weighted by Crippen LogP contribution is 2.49. The van der Waals surface area contributed by atoms with E-state index >= 15 is 4.39 Å². The number of benzene rings is 3. The van der Waals surface area contributed by atoms with Gasteiger partial charge in [0.25, 0.3) is 0 Å². The molecule has 0 radical (unpaired) electrons. The van der Waals surface area contributed by atoms with Crippen molar-refractivity contribution in [3.63, 3.8) is 0 Å². The molecule has 0 unspecified atom stereocenters. The Morgan fingerprint density at radius 2 is 1.61 bits per heavy atom. The molecule has 9 heteroatoms. The molecular formula is C35H33F2NO5S. The van der Waals surface area contributed by atoms with Gasteiger partial charge in [-0.1, -0.05) is 30.4 Å². The summed E-state index contributed by atoms with van der Waals surface area (Å²) in [5, 5.41) is 0.606. The van der Waals surface area contributed by atoms with Gasteiger partial charge in [-0.15, -0.1) is 0 Å². The van der Waals surface area contributed by atoms with E-state index in [0.717, 1.165) is 18.6 Å². The summed E-state index contributed by atoms with van der Waals surface area (Å²) in [4.78, 5) is 30.5. The molecule has 228 valence electrons. The van der Waals surface area contributed by atoms with Crippen LogP contribution in [0.4, 0.5) is 8.78 Å². The van der Waals surface area contributed by atoms with Crippen molar-refractivity contribution < 1.29 is 32.6 Å². The number of nitrogens with zero attached hydrogens (tertiary/aromatic N) is 1. The lowest BCUT2D eigenvalue weighted by Gasteiger charge is -2.15. The Bertz CT molecular complexity index is 1690. The number of pyridine rings is 1. The van der Waals surface area contributed by atoms with E-state index in [4.69, 9.17) is 14.2 Å². The van der Waals surface area contributed by atoms with E-state index in [9.17, 15) is 14.0 Å². The number of hydrogen-bond donors (Lipinski definition) is 1. The van der Waals surface area contributed by atoms with Gasteiger partial charge in [-0.05, 0) is 79.0 Å². The largest absolute Gasteiger partial charge is 0.493 e. The number of hydrogen-bond acceptors (Lipinski definition) is 7. The topological polar surface area (TPSA) is 74.7 Å². The van der Waals surface area contributed by atoms with Crippen LogP contribution in [0.1, 0.15) is 36.8 Å². The van der Waals surface area contributed by atoms with Crippen LogP contribution < -0.4 is 14.2 Å². The van der Waals surface area contributed by atoms with E-state index in [-0.39, 0.29) is 36.0 Å². The fourth-order valence-electron chi connectivity index (χ4n) is 5.03. The summed E-state index contributed by atoms with van der Waals surface area (Å²) in [6.07, 6.45) is 8.38. The Labute approximate surface area is 260 Å². The molecule has 0 atom stereocenters. The Balaban J connectivity index is 1.26. The molecule has 0 bridgehead atoms. The van der Waals surface area contributed by atoms with Crippen LogP contribution in [0.15, 0.2) is 79.0 Å². The first-order valence-electron chi connectivity index (χ1n) is 14.5. The monoisotopic (exact) mass is 617 g/mol. The van der Waals surface area contributed by atoms with E-state index < -0.39 is 11.2 Å². The Hall–Kier alpha value is -4.24. The van der Waals surface area contributed by atoms with Crippen molar-refractivity contribution in [2.24, 2.45) is 5.41 Å². The average Bonchev–Trinajstić information content (AvgIpc) is 3.84. The van der Waals surface area contributed by atoms with Gasteiger partial charge in [-0.2, -0.15) is 12.6 Å². The molecule has 0 amide bonds. The van der Waals surface area contributed by atoms with Crippen molar-refractivity contribution >= 4 is 35.1 Å². The second-order valence-electron chi connectivity index (χ2n) is 10.8. The number of carbonyl (C=O) groups excluding carboxylic acids is 2. The smallest absolute Gasteiger partial charge is 0.166 e. The fraction of sp³-hybridized carbons (Fsp3) is 0.286. The zero-order chi connectivity index (χ0) is 31.1.